The van der Waals surface area contributed by atoms with E-state index in [2.05, 4.69) is 15.5 Å². The van der Waals surface area contributed by atoms with Gasteiger partial charge in [0.25, 0.3) is 5.91 Å². The summed E-state index contributed by atoms with van der Waals surface area (Å²) in [5.74, 6) is -0.429. The number of alkyl halides is 2. The van der Waals surface area contributed by atoms with Crippen LogP contribution >= 0.6 is 0 Å². The van der Waals surface area contributed by atoms with E-state index < -0.39 is 12.5 Å². The van der Waals surface area contributed by atoms with Gasteiger partial charge in [-0.05, 0) is 25.0 Å². The van der Waals surface area contributed by atoms with Crippen molar-refractivity contribution < 1.29 is 13.6 Å². The molecule has 0 spiro atoms. The molecule has 0 bridgehead atoms. The van der Waals surface area contributed by atoms with E-state index in [9.17, 15) is 13.6 Å². The quantitative estimate of drug-likeness (QED) is 0.882. The standard InChI is InChI=1S/C13H15F2N5O/c14-12(15)20-7-2-10(18-20)11(21)16-8-13(3-4-13)9-19-6-1-5-17-19/h1-2,5-7,12H,3-4,8-9H2,(H,16,21). The molecule has 0 aromatic carbocycles. The summed E-state index contributed by atoms with van der Waals surface area (Å²) < 4.78 is 27.1. The maximum absolute atomic E-state index is 12.4. The summed E-state index contributed by atoms with van der Waals surface area (Å²) in [4.78, 5) is 11.9. The summed E-state index contributed by atoms with van der Waals surface area (Å²) >= 11 is 0. The SMILES string of the molecule is O=C(NCC1(Cn2cccn2)CC1)c1ccn(C(F)F)n1. The Hall–Kier alpha value is -2.25. The number of hydrogen-bond acceptors (Lipinski definition) is 3. The van der Waals surface area contributed by atoms with Gasteiger partial charge in [0.1, 0.15) is 5.69 Å². The smallest absolute Gasteiger partial charge is 0.333 e. The Morgan fingerprint density at radius 3 is 2.81 bits per heavy atom. The molecule has 0 atom stereocenters. The van der Waals surface area contributed by atoms with Gasteiger partial charge in [0.15, 0.2) is 0 Å². The van der Waals surface area contributed by atoms with Crippen molar-refractivity contribution in [2.75, 3.05) is 6.54 Å². The minimum Gasteiger partial charge on any atom is -0.350 e. The summed E-state index contributed by atoms with van der Waals surface area (Å²) in [5.41, 5.74) is 0.0256. The molecule has 2 aromatic heterocycles. The van der Waals surface area contributed by atoms with E-state index in [4.69, 9.17) is 0 Å². The van der Waals surface area contributed by atoms with Crippen LogP contribution in [0.1, 0.15) is 29.9 Å². The van der Waals surface area contributed by atoms with E-state index in [0.29, 0.717) is 11.2 Å². The number of nitrogens with one attached hydrogen (secondary N) is 1. The van der Waals surface area contributed by atoms with Gasteiger partial charge < -0.3 is 5.32 Å². The van der Waals surface area contributed by atoms with Gasteiger partial charge in [-0.1, -0.05) is 0 Å². The zero-order valence-corrected chi connectivity index (χ0v) is 11.2. The summed E-state index contributed by atoms with van der Waals surface area (Å²) in [5, 5.41) is 10.5. The molecule has 1 amide bonds. The van der Waals surface area contributed by atoms with Crippen molar-refractivity contribution in [1.82, 2.24) is 24.9 Å². The molecule has 0 saturated heterocycles. The number of carbonyl (C=O) groups is 1. The van der Waals surface area contributed by atoms with Gasteiger partial charge in [-0.3, -0.25) is 9.48 Å². The zero-order valence-electron chi connectivity index (χ0n) is 11.2. The number of amides is 1. The van der Waals surface area contributed by atoms with E-state index in [1.54, 1.807) is 6.20 Å². The molecule has 2 heterocycles. The fraction of sp³-hybridized carbons (Fsp3) is 0.462. The predicted octanol–water partition coefficient (Wildman–Crippen LogP) is 1.68. The first-order valence-electron chi connectivity index (χ1n) is 6.67. The molecule has 8 heteroatoms. The van der Waals surface area contributed by atoms with Crippen LogP contribution in [0.5, 0.6) is 0 Å². The molecule has 1 N–H and O–H groups in total. The lowest BCUT2D eigenvalue weighted by atomic mass is 10.1. The minimum atomic E-state index is -2.74. The van der Waals surface area contributed by atoms with E-state index in [1.165, 1.54) is 6.07 Å². The lowest BCUT2D eigenvalue weighted by Crippen LogP contribution is -2.32. The Morgan fingerprint density at radius 1 is 1.43 bits per heavy atom. The van der Waals surface area contributed by atoms with Gasteiger partial charge in [0.05, 0.1) is 0 Å². The van der Waals surface area contributed by atoms with Crippen molar-refractivity contribution in [2.24, 2.45) is 5.41 Å². The highest BCUT2D eigenvalue weighted by Crippen LogP contribution is 2.46. The third kappa shape index (κ3) is 3.09. The predicted molar refractivity (Wildman–Crippen MR) is 69.7 cm³/mol. The van der Waals surface area contributed by atoms with E-state index in [-0.39, 0.29) is 11.1 Å². The average Bonchev–Trinajstić information content (AvgIpc) is 2.89. The third-order valence-electron chi connectivity index (χ3n) is 3.68. The molecule has 1 saturated carbocycles. The fourth-order valence-corrected chi connectivity index (χ4v) is 2.23. The Balaban J connectivity index is 1.55. The molecule has 1 aliphatic rings. The lowest BCUT2D eigenvalue weighted by Gasteiger charge is -2.15. The Morgan fingerprint density at radius 2 is 2.24 bits per heavy atom. The van der Waals surface area contributed by atoms with Gasteiger partial charge >= 0.3 is 6.55 Å². The van der Waals surface area contributed by atoms with E-state index in [1.807, 2.05) is 16.9 Å². The first-order valence-corrected chi connectivity index (χ1v) is 6.67. The van der Waals surface area contributed by atoms with E-state index >= 15 is 0 Å². The van der Waals surface area contributed by atoms with Gasteiger partial charge in [-0.2, -0.15) is 19.0 Å². The van der Waals surface area contributed by atoms with Gasteiger partial charge in [-0.25, -0.2) is 4.68 Å². The van der Waals surface area contributed by atoms with Crippen molar-refractivity contribution in [3.05, 3.63) is 36.4 Å². The normalized spacial score (nSPS) is 16.1. The number of halogens is 2. The topological polar surface area (TPSA) is 64.7 Å². The Bertz CT molecular complexity index is 618. The lowest BCUT2D eigenvalue weighted by molar-refractivity contribution is 0.0559. The number of carbonyl (C=O) groups excluding carboxylic acids is 1. The number of aromatic nitrogens is 4. The second-order valence-corrected chi connectivity index (χ2v) is 5.34. The zero-order chi connectivity index (χ0) is 14.9. The van der Waals surface area contributed by atoms with Gasteiger partial charge in [0, 0.05) is 37.1 Å². The van der Waals surface area contributed by atoms with Gasteiger partial charge in [0.2, 0.25) is 0 Å². The molecular weight excluding hydrogens is 280 g/mol. The summed E-state index contributed by atoms with van der Waals surface area (Å²) in [6, 6.07) is 3.14. The van der Waals surface area contributed by atoms with Crippen LogP contribution in [0.4, 0.5) is 8.78 Å². The van der Waals surface area contributed by atoms with Gasteiger partial charge in [-0.15, -0.1) is 0 Å². The minimum absolute atomic E-state index is 0.00480. The van der Waals surface area contributed by atoms with Crippen molar-refractivity contribution in [3.8, 4) is 0 Å². The van der Waals surface area contributed by atoms with Crippen LogP contribution < -0.4 is 5.32 Å². The number of rotatable bonds is 6. The molecule has 112 valence electrons. The largest absolute Gasteiger partial charge is 0.350 e. The summed E-state index contributed by atoms with van der Waals surface area (Å²) in [6.07, 6.45) is 6.71. The molecule has 3 rings (SSSR count). The van der Waals surface area contributed by atoms with Crippen LogP contribution in [0.25, 0.3) is 0 Å². The summed E-state index contributed by atoms with van der Waals surface area (Å²) in [7, 11) is 0. The van der Waals surface area contributed by atoms with E-state index in [0.717, 1.165) is 25.6 Å². The van der Waals surface area contributed by atoms with Crippen LogP contribution in [0, 0.1) is 5.41 Å². The van der Waals surface area contributed by atoms with Crippen LogP contribution in [-0.4, -0.2) is 32.0 Å². The molecule has 21 heavy (non-hydrogen) atoms. The monoisotopic (exact) mass is 295 g/mol. The van der Waals surface area contributed by atoms with Crippen molar-refractivity contribution >= 4 is 5.91 Å². The molecule has 1 aliphatic carbocycles. The average molecular weight is 295 g/mol. The molecule has 6 nitrogen and oxygen atoms in total. The Kier molecular flexibility index (Phi) is 3.44. The molecule has 0 aliphatic heterocycles. The highest BCUT2D eigenvalue weighted by atomic mass is 19.3. The van der Waals surface area contributed by atoms with Crippen LogP contribution in [-0.2, 0) is 6.54 Å². The molecule has 2 aromatic rings. The van der Waals surface area contributed by atoms with Crippen LogP contribution in [0.3, 0.4) is 0 Å². The highest BCUT2D eigenvalue weighted by Gasteiger charge is 2.43. The fourth-order valence-electron chi connectivity index (χ4n) is 2.23. The summed E-state index contributed by atoms with van der Waals surface area (Å²) in [6.45, 7) is -1.50. The number of hydrogen-bond donors (Lipinski definition) is 1. The third-order valence-corrected chi connectivity index (χ3v) is 3.68. The molecule has 0 radical (unpaired) electrons. The second kappa shape index (κ2) is 5.27. The molecular formula is C13H15F2N5O. The van der Waals surface area contributed by atoms with Crippen molar-refractivity contribution in [3.63, 3.8) is 0 Å². The van der Waals surface area contributed by atoms with Crippen molar-refractivity contribution in [2.45, 2.75) is 25.9 Å². The Labute approximate surface area is 119 Å². The maximum atomic E-state index is 12.4. The molecule has 0 unspecified atom stereocenters. The molecule has 1 fully saturated rings. The second-order valence-electron chi connectivity index (χ2n) is 5.34. The highest BCUT2D eigenvalue weighted by molar-refractivity contribution is 5.92. The van der Waals surface area contributed by atoms with Crippen LogP contribution in [0.15, 0.2) is 30.7 Å². The number of nitrogens with zero attached hydrogens (tertiary/aromatic N) is 4. The van der Waals surface area contributed by atoms with Crippen LogP contribution in [0.2, 0.25) is 0 Å². The first-order chi connectivity index (χ1) is 10.1. The van der Waals surface area contributed by atoms with Crippen molar-refractivity contribution in [1.29, 1.82) is 0 Å². The first kappa shape index (κ1) is 13.7. The maximum Gasteiger partial charge on any atom is 0.333 e.